The van der Waals surface area contributed by atoms with Gasteiger partial charge in [0.05, 0.1) is 12.1 Å². The van der Waals surface area contributed by atoms with E-state index in [9.17, 15) is 20.1 Å². The number of carboxylic acids is 1. The second kappa shape index (κ2) is 17.5. The number of nitrogens with zero attached hydrogens (tertiary/aromatic N) is 1. The van der Waals surface area contributed by atoms with Gasteiger partial charge in [-0.05, 0) is 73.5 Å². The van der Waals surface area contributed by atoms with Crippen LogP contribution in [0.4, 0.5) is 0 Å². The first-order valence-corrected chi connectivity index (χ1v) is 22.5. The van der Waals surface area contributed by atoms with Gasteiger partial charge in [0.1, 0.15) is 5.60 Å². The monoisotopic (exact) mass is 707 g/mol. The first-order chi connectivity index (χ1) is 21.1. The van der Waals surface area contributed by atoms with E-state index in [2.05, 4.69) is 25.7 Å². The Kier molecular flexibility index (Phi) is 14.4. The van der Waals surface area contributed by atoms with E-state index in [1.54, 1.807) is 39.3 Å². The number of carbonyl (C=O) groups excluding carboxylic acids is 1. The van der Waals surface area contributed by atoms with Crippen molar-refractivity contribution < 1.29 is 20.1 Å². The van der Waals surface area contributed by atoms with Gasteiger partial charge in [-0.2, -0.15) is 0 Å². The van der Waals surface area contributed by atoms with Crippen LogP contribution in [0.25, 0.3) is 0 Å². The third-order valence-electron chi connectivity index (χ3n) is 9.59. The average molecular weight is 707 g/mol. The number of carbonyl (C=O) groups is 1. The van der Waals surface area contributed by atoms with Crippen LogP contribution in [0.1, 0.15) is 88.7 Å². The van der Waals surface area contributed by atoms with Crippen molar-refractivity contribution in [3.8, 4) is 0 Å². The standard InChI is InChI=1S/C32H39NO4.3C2H5.Sn/c1-31(2,30(35)36)25-17-15-24(16-18-25)29(34)14-9-21-33-22-19-28(20-23-33)32(37,26-10-5-3-6-11-26)27-12-7-4-8-13-27;3*1-2;/h3-8,10-13,15-18,28-29,34,37H,9,14,19-23H2,1-2H3,(H,35,36);3*1H2,2H3;/q;;;;+1/p-1. The van der Waals surface area contributed by atoms with Gasteiger partial charge in [0.15, 0.2) is 0 Å². The average Bonchev–Trinajstić information content (AvgIpc) is 3.06. The Labute approximate surface area is 273 Å². The second-order valence-electron chi connectivity index (χ2n) is 12.6. The Morgan fingerprint density at radius 2 is 1.32 bits per heavy atom. The van der Waals surface area contributed by atoms with Crippen molar-refractivity contribution in [3.63, 3.8) is 0 Å². The molecule has 0 aromatic heterocycles. The number of benzene rings is 3. The normalized spacial score (nSPS) is 15.2. The summed E-state index contributed by atoms with van der Waals surface area (Å²) < 4.78 is 4.65. The molecule has 1 aliphatic rings. The molecular formula is C38H53NO4Sn. The molecule has 238 valence electrons. The predicted molar refractivity (Wildman–Crippen MR) is 181 cm³/mol. The van der Waals surface area contributed by atoms with Gasteiger partial charge in [-0.25, -0.2) is 0 Å². The van der Waals surface area contributed by atoms with Crippen molar-refractivity contribution in [2.45, 2.75) is 90.7 Å². The van der Waals surface area contributed by atoms with Gasteiger partial charge >= 0.3 is 53.8 Å². The number of aliphatic hydroxyl groups is 2. The third-order valence-corrected chi connectivity index (χ3v) is 18.1. The van der Waals surface area contributed by atoms with Gasteiger partial charge in [-0.15, -0.1) is 0 Å². The van der Waals surface area contributed by atoms with E-state index in [1.807, 2.05) is 72.8 Å². The summed E-state index contributed by atoms with van der Waals surface area (Å²) in [4.78, 5) is 13.8. The van der Waals surface area contributed by atoms with E-state index in [-0.39, 0.29) is 5.92 Å². The van der Waals surface area contributed by atoms with Crippen LogP contribution in [0.3, 0.4) is 0 Å². The number of likely N-dealkylation sites (tertiary alicyclic amines) is 1. The molecule has 3 aromatic rings. The number of hydrogen-bond acceptors (Lipinski definition) is 5. The van der Waals surface area contributed by atoms with Crippen LogP contribution in [0, 0.1) is 5.92 Å². The van der Waals surface area contributed by atoms with Crippen molar-refractivity contribution in [1.82, 2.24) is 4.90 Å². The topological polar surface area (TPSA) is 83.8 Å². The Bertz CT molecular complexity index is 1190. The summed E-state index contributed by atoms with van der Waals surface area (Å²) in [6.07, 6.45) is 2.72. The zero-order chi connectivity index (χ0) is 32.2. The fourth-order valence-corrected chi connectivity index (χ4v) is 10.5. The van der Waals surface area contributed by atoms with Crippen LogP contribution < -0.4 is 5.11 Å². The van der Waals surface area contributed by atoms with Gasteiger partial charge in [0.2, 0.25) is 0 Å². The van der Waals surface area contributed by atoms with Gasteiger partial charge in [-0.3, -0.25) is 0 Å². The zero-order valence-electron chi connectivity index (χ0n) is 27.5. The molecule has 4 rings (SSSR count). The maximum absolute atomic E-state index is 12.1. The molecule has 2 N–H and O–H groups in total. The minimum absolute atomic E-state index is 0.128. The number of hydrogen-bond donors (Lipinski definition) is 2. The van der Waals surface area contributed by atoms with Crippen molar-refractivity contribution in [1.29, 1.82) is 0 Å². The molecule has 44 heavy (non-hydrogen) atoms. The number of piperidine rings is 1. The van der Waals surface area contributed by atoms with Gasteiger partial charge in [0.25, 0.3) is 0 Å². The molecule has 0 radical (unpaired) electrons. The van der Waals surface area contributed by atoms with E-state index in [4.69, 9.17) is 0 Å². The molecule has 3 aromatic carbocycles. The Balaban J connectivity index is 0.000000676. The molecule has 0 spiro atoms. The quantitative estimate of drug-likeness (QED) is 0.193. The van der Waals surface area contributed by atoms with Crippen LogP contribution in [0.15, 0.2) is 84.9 Å². The molecular weight excluding hydrogens is 653 g/mol. The summed E-state index contributed by atoms with van der Waals surface area (Å²) in [5.74, 6) is -0.988. The molecule has 5 nitrogen and oxygen atoms in total. The van der Waals surface area contributed by atoms with Gasteiger partial charge in [-0.1, -0.05) is 98.8 Å². The summed E-state index contributed by atoms with van der Waals surface area (Å²) >= 11 is -0.653. The minimum atomic E-state index is -1.12. The first-order valence-electron chi connectivity index (χ1n) is 16.5. The summed E-state index contributed by atoms with van der Waals surface area (Å²) in [5, 5.41) is 34.1. The SMILES string of the molecule is CC(C)(C(=O)[O-])c1ccc(C(O)CCCN2CCC(C(O)(c3ccccc3)c3ccccc3)CC2)cc1.C[CH2][Sn+]([CH2]C)[CH2]C. The molecule has 0 saturated carbocycles. The number of rotatable bonds is 13. The third kappa shape index (κ3) is 9.41. The van der Waals surface area contributed by atoms with Gasteiger partial charge in [0, 0.05) is 5.41 Å². The summed E-state index contributed by atoms with van der Waals surface area (Å²) in [6.45, 7) is 13.0. The van der Waals surface area contributed by atoms with E-state index >= 15 is 0 Å². The molecule has 1 fully saturated rings. The van der Waals surface area contributed by atoms with Crippen LogP contribution in [0.5, 0.6) is 0 Å². The number of carboxylic acid groups (broad SMARTS) is 1. The van der Waals surface area contributed by atoms with E-state index in [0.717, 1.165) is 55.6 Å². The van der Waals surface area contributed by atoms with Crippen LogP contribution in [-0.4, -0.2) is 60.5 Å². The fourth-order valence-electron chi connectivity index (χ4n) is 6.26. The van der Waals surface area contributed by atoms with E-state index < -0.39 is 42.8 Å². The van der Waals surface area contributed by atoms with Gasteiger partial charge < -0.3 is 25.0 Å². The van der Waals surface area contributed by atoms with Crippen molar-refractivity contribution >= 4 is 25.7 Å². The maximum atomic E-state index is 12.1. The summed E-state index contributed by atoms with van der Waals surface area (Å²) in [6, 6.07) is 27.1. The van der Waals surface area contributed by atoms with Crippen LogP contribution >= 0.6 is 0 Å². The molecule has 1 heterocycles. The number of aliphatic carboxylic acids is 1. The first kappa shape index (κ1) is 36.3. The van der Waals surface area contributed by atoms with Crippen molar-refractivity contribution in [2.24, 2.45) is 5.92 Å². The summed E-state index contributed by atoms with van der Waals surface area (Å²) in [7, 11) is 0. The fraction of sp³-hybridized carbons (Fsp3) is 0.500. The molecule has 0 aliphatic carbocycles. The molecule has 1 unspecified atom stereocenters. The van der Waals surface area contributed by atoms with Crippen molar-refractivity contribution in [2.75, 3.05) is 19.6 Å². The van der Waals surface area contributed by atoms with E-state index in [0.29, 0.717) is 12.0 Å². The zero-order valence-corrected chi connectivity index (χ0v) is 30.3. The predicted octanol–water partition coefficient (Wildman–Crippen LogP) is 6.72. The Hall–Kier alpha value is -2.19. The number of aliphatic hydroxyl groups excluding tert-OH is 1. The molecule has 0 amide bonds. The summed E-state index contributed by atoms with van der Waals surface area (Å²) in [5.41, 5.74) is 1.27. The molecule has 1 atom stereocenters. The van der Waals surface area contributed by atoms with E-state index in [1.165, 1.54) is 0 Å². The van der Waals surface area contributed by atoms with Crippen LogP contribution in [-0.2, 0) is 15.8 Å². The Morgan fingerprint density at radius 3 is 1.73 bits per heavy atom. The Morgan fingerprint density at radius 1 is 0.841 bits per heavy atom. The van der Waals surface area contributed by atoms with Crippen molar-refractivity contribution in [3.05, 3.63) is 107 Å². The molecule has 1 saturated heterocycles. The molecule has 1 aliphatic heterocycles. The second-order valence-corrected chi connectivity index (χ2v) is 23.0. The molecule has 6 heteroatoms. The molecule has 0 bridgehead atoms. The van der Waals surface area contributed by atoms with Crippen LogP contribution in [0.2, 0.25) is 13.3 Å².